The van der Waals surface area contributed by atoms with E-state index in [9.17, 15) is 9.59 Å². The van der Waals surface area contributed by atoms with Crippen LogP contribution in [0.5, 0.6) is 0 Å². The maximum Gasteiger partial charge on any atom is 0.339 e. The van der Waals surface area contributed by atoms with Gasteiger partial charge in [-0.1, -0.05) is 23.4 Å². The number of esters is 1. The highest BCUT2D eigenvalue weighted by molar-refractivity contribution is 6.33. The number of methoxy groups -OCH3 is 1. The van der Waals surface area contributed by atoms with E-state index >= 15 is 0 Å². The zero-order valence-electron chi connectivity index (χ0n) is 10.0. The molecular weight excluding hydrogens is 254 g/mol. The largest absolute Gasteiger partial charge is 0.465 e. The van der Waals surface area contributed by atoms with E-state index in [-0.39, 0.29) is 17.5 Å². The Morgan fingerprint density at radius 3 is 2.72 bits per heavy atom. The Kier molecular flexibility index (Phi) is 5.22. The number of hydrogen-bond donors (Lipinski definition) is 1. The molecule has 0 unspecified atom stereocenters. The summed E-state index contributed by atoms with van der Waals surface area (Å²) < 4.78 is 4.57. The van der Waals surface area contributed by atoms with Crippen molar-refractivity contribution in [3.05, 3.63) is 34.3 Å². The monoisotopic (exact) mass is 265 g/mol. The first kappa shape index (κ1) is 14.1. The number of amides is 1. The predicted octanol–water partition coefficient (Wildman–Crippen LogP) is 1.61. The van der Waals surface area contributed by atoms with Crippen molar-refractivity contribution < 1.29 is 14.3 Å². The van der Waals surface area contributed by atoms with Gasteiger partial charge >= 0.3 is 5.97 Å². The summed E-state index contributed by atoms with van der Waals surface area (Å²) >= 11 is 5.93. The van der Waals surface area contributed by atoms with Crippen LogP contribution < -0.4 is 5.32 Å². The van der Waals surface area contributed by atoms with Crippen molar-refractivity contribution in [2.24, 2.45) is 0 Å². The molecule has 4 nitrogen and oxygen atoms in total. The molecule has 94 valence electrons. The first-order valence-corrected chi connectivity index (χ1v) is 5.53. The second kappa shape index (κ2) is 6.67. The average Bonchev–Trinajstić information content (AvgIpc) is 2.33. The Hall–Kier alpha value is -1.99. The SMILES string of the molecule is COC(=O)c1ccc(C#CCNC(C)=O)cc1Cl. The molecule has 0 saturated heterocycles. The Bertz CT molecular complexity index is 529. The normalized spacial score (nSPS) is 9.06. The maximum atomic E-state index is 11.3. The van der Waals surface area contributed by atoms with Gasteiger partial charge in [-0.15, -0.1) is 0 Å². The molecule has 0 saturated carbocycles. The van der Waals surface area contributed by atoms with Crippen molar-refractivity contribution in [3.63, 3.8) is 0 Å². The highest BCUT2D eigenvalue weighted by Gasteiger charge is 2.09. The predicted molar refractivity (Wildman–Crippen MR) is 68.4 cm³/mol. The summed E-state index contributed by atoms with van der Waals surface area (Å²) in [6.45, 7) is 1.69. The first-order valence-electron chi connectivity index (χ1n) is 5.15. The zero-order chi connectivity index (χ0) is 13.5. The second-order valence-corrected chi connectivity index (χ2v) is 3.80. The van der Waals surface area contributed by atoms with Crippen LogP contribution in [0.1, 0.15) is 22.8 Å². The summed E-state index contributed by atoms with van der Waals surface area (Å²) in [5, 5.41) is 2.83. The molecule has 0 spiro atoms. The molecule has 0 heterocycles. The minimum atomic E-state index is -0.488. The molecule has 0 atom stereocenters. The lowest BCUT2D eigenvalue weighted by Gasteiger charge is -2.01. The summed E-state index contributed by atoms with van der Waals surface area (Å²) in [7, 11) is 1.29. The van der Waals surface area contributed by atoms with Crippen LogP contribution in [0.25, 0.3) is 0 Å². The van der Waals surface area contributed by atoms with Gasteiger partial charge in [-0.25, -0.2) is 4.79 Å². The fourth-order valence-electron chi connectivity index (χ4n) is 1.18. The molecule has 5 heteroatoms. The molecule has 0 bridgehead atoms. The van der Waals surface area contributed by atoms with Gasteiger partial charge in [-0.3, -0.25) is 4.79 Å². The Labute approximate surface area is 110 Å². The van der Waals surface area contributed by atoms with Crippen molar-refractivity contribution in [2.75, 3.05) is 13.7 Å². The number of ether oxygens (including phenoxy) is 1. The lowest BCUT2D eigenvalue weighted by Crippen LogP contribution is -2.19. The summed E-state index contributed by atoms with van der Waals surface area (Å²) in [6.07, 6.45) is 0. The minimum Gasteiger partial charge on any atom is -0.465 e. The molecule has 1 aromatic rings. The molecule has 18 heavy (non-hydrogen) atoms. The number of carbonyl (C=O) groups excluding carboxylic acids is 2. The highest BCUT2D eigenvalue weighted by Crippen LogP contribution is 2.18. The van der Waals surface area contributed by atoms with Crippen LogP contribution >= 0.6 is 11.6 Å². The van der Waals surface area contributed by atoms with Crippen molar-refractivity contribution in [2.45, 2.75) is 6.92 Å². The molecule has 0 fully saturated rings. The van der Waals surface area contributed by atoms with Crippen LogP contribution in [0, 0.1) is 11.8 Å². The molecule has 1 rings (SSSR count). The molecular formula is C13H12ClNO3. The van der Waals surface area contributed by atoms with Gasteiger partial charge in [0.25, 0.3) is 0 Å². The molecule has 0 aliphatic carbocycles. The van der Waals surface area contributed by atoms with Gasteiger partial charge in [0, 0.05) is 12.5 Å². The fourth-order valence-corrected chi connectivity index (χ4v) is 1.44. The summed E-state index contributed by atoms with van der Waals surface area (Å²) in [4.78, 5) is 21.9. The number of hydrogen-bond acceptors (Lipinski definition) is 3. The van der Waals surface area contributed by atoms with Crippen LogP contribution in [0.2, 0.25) is 5.02 Å². The van der Waals surface area contributed by atoms with Crippen molar-refractivity contribution >= 4 is 23.5 Å². The van der Waals surface area contributed by atoms with Gasteiger partial charge in [-0.2, -0.15) is 0 Å². The standard InChI is InChI=1S/C13H12ClNO3/c1-9(16)15-7-3-4-10-5-6-11(12(14)8-10)13(17)18-2/h5-6,8H,7H2,1-2H3,(H,15,16). The smallest absolute Gasteiger partial charge is 0.339 e. The van der Waals surface area contributed by atoms with E-state index < -0.39 is 5.97 Å². The van der Waals surface area contributed by atoms with E-state index in [4.69, 9.17) is 11.6 Å². The van der Waals surface area contributed by atoms with E-state index in [0.29, 0.717) is 11.1 Å². The number of benzene rings is 1. The molecule has 1 N–H and O–H groups in total. The zero-order valence-corrected chi connectivity index (χ0v) is 10.8. The molecule has 0 aromatic heterocycles. The van der Waals surface area contributed by atoms with Crippen molar-refractivity contribution in [1.29, 1.82) is 0 Å². The lowest BCUT2D eigenvalue weighted by molar-refractivity contribution is -0.118. The van der Waals surface area contributed by atoms with Gasteiger partial charge in [0.1, 0.15) is 0 Å². The average molecular weight is 266 g/mol. The summed E-state index contributed by atoms with van der Waals surface area (Å²) in [5.74, 6) is 4.97. The van der Waals surface area contributed by atoms with Gasteiger partial charge in [-0.05, 0) is 18.2 Å². The topological polar surface area (TPSA) is 55.4 Å². The van der Waals surface area contributed by atoms with E-state index in [1.807, 2.05) is 0 Å². The number of carbonyl (C=O) groups is 2. The summed E-state index contributed by atoms with van der Waals surface area (Å²) in [5.41, 5.74) is 0.963. The van der Waals surface area contributed by atoms with Gasteiger partial charge in [0.2, 0.25) is 5.91 Å². The second-order valence-electron chi connectivity index (χ2n) is 3.40. The molecule has 0 radical (unpaired) electrons. The third-order valence-electron chi connectivity index (χ3n) is 2.03. The van der Waals surface area contributed by atoms with Crippen LogP contribution in [-0.2, 0) is 9.53 Å². The molecule has 0 aliphatic rings. The van der Waals surface area contributed by atoms with Crippen molar-refractivity contribution in [3.8, 4) is 11.8 Å². The van der Waals surface area contributed by atoms with E-state index in [0.717, 1.165) is 0 Å². The van der Waals surface area contributed by atoms with Gasteiger partial charge in [0.05, 0.1) is 24.2 Å². The van der Waals surface area contributed by atoms with E-state index in [2.05, 4.69) is 21.9 Å². The van der Waals surface area contributed by atoms with E-state index in [1.54, 1.807) is 18.2 Å². The van der Waals surface area contributed by atoms with Crippen LogP contribution in [-0.4, -0.2) is 25.5 Å². The maximum absolute atomic E-state index is 11.3. The third kappa shape index (κ3) is 4.11. The highest BCUT2D eigenvalue weighted by atomic mass is 35.5. The Morgan fingerprint density at radius 1 is 1.44 bits per heavy atom. The van der Waals surface area contributed by atoms with Crippen LogP contribution in [0.4, 0.5) is 0 Å². The third-order valence-corrected chi connectivity index (χ3v) is 2.35. The minimum absolute atomic E-state index is 0.136. The molecule has 0 aliphatic heterocycles. The Balaban J connectivity index is 2.78. The van der Waals surface area contributed by atoms with Gasteiger partial charge in [0.15, 0.2) is 0 Å². The fraction of sp³-hybridized carbons (Fsp3) is 0.231. The number of nitrogens with one attached hydrogen (secondary N) is 1. The molecule has 1 aromatic carbocycles. The number of halogens is 1. The molecule has 1 amide bonds. The Morgan fingerprint density at radius 2 is 2.17 bits per heavy atom. The van der Waals surface area contributed by atoms with Crippen LogP contribution in [0.3, 0.4) is 0 Å². The van der Waals surface area contributed by atoms with Crippen LogP contribution in [0.15, 0.2) is 18.2 Å². The first-order chi connectivity index (χ1) is 8.54. The summed E-state index contributed by atoms with van der Waals surface area (Å²) in [6, 6.07) is 4.80. The van der Waals surface area contributed by atoms with Crippen molar-refractivity contribution in [1.82, 2.24) is 5.32 Å². The van der Waals surface area contributed by atoms with Gasteiger partial charge < -0.3 is 10.1 Å². The quantitative estimate of drug-likeness (QED) is 0.653. The van der Waals surface area contributed by atoms with E-state index in [1.165, 1.54) is 14.0 Å². The number of rotatable bonds is 2. The lowest BCUT2D eigenvalue weighted by atomic mass is 10.1.